The molecule has 25 heavy (non-hydrogen) atoms. The van der Waals surface area contributed by atoms with E-state index in [1.54, 1.807) is 14.1 Å². The number of carbonyl (C=O) groups is 1. The number of nitrogens with one attached hydrogen (secondary N) is 2. The molecule has 2 aromatic rings. The number of anilines is 4. The number of phenols is 1. The summed E-state index contributed by atoms with van der Waals surface area (Å²) in [6, 6.07) is 2.75. The molecule has 1 amide bonds. The van der Waals surface area contributed by atoms with E-state index in [1.807, 2.05) is 13.8 Å². The van der Waals surface area contributed by atoms with Gasteiger partial charge in [-0.05, 0) is 25.5 Å². The predicted molar refractivity (Wildman–Crippen MR) is 98.5 cm³/mol. The first kappa shape index (κ1) is 18.3. The van der Waals surface area contributed by atoms with Crippen LogP contribution in [-0.4, -0.2) is 36.1 Å². The maximum absolute atomic E-state index is 12.1. The fraction of sp³-hybridized carbons (Fsp3) is 0.353. The van der Waals surface area contributed by atoms with Crippen molar-refractivity contribution in [3.63, 3.8) is 0 Å². The van der Waals surface area contributed by atoms with E-state index in [0.717, 1.165) is 6.42 Å². The Hall–Kier alpha value is -3.03. The molecule has 1 atom stereocenters. The van der Waals surface area contributed by atoms with Gasteiger partial charge in [0, 0.05) is 25.8 Å². The quantitative estimate of drug-likeness (QED) is 0.268. The van der Waals surface area contributed by atoms with Crippen LogP contribution < -0.4 is 27.2 Å². The van der Waals surface area contributed by atoms with Crippen LogP contribution in [0.2, 0.25) is 0 Å². The number of aromatic hydroxyl groups is 1. The third-order valence-electron chi connectivity index (χ3n) is 3.94. The molecule has 0 spiro atoms. The van der Waals surface area contributed by atoms with Crippen molar-refractivity contribution in [3.8, 4) is 5.75 Å². The molecule has 0 radical (unpaired) electrons. The van der Waals surface area contributed by atoms with Gasteiger partial charge >= 0.3 is 0 Å². The van der Waals surface area contributed by atoms with Gasteiger partial charge in [-0.2, -0.15) is 0 Å². The predicted octanol–water partition coefficient (Wildman–Crippen LogP) is 1.23. The lowest BCUT2D eigenvalue weighted by Gasteiger charge is -2.20. The highest BCUT2D eigenvalue weighted by molar-refractivity contribution is 6.00. The van der Waals surface area contributed by atoms with Gasteiger partial charge < -0.3 is 26.4 Å². The number of phenolic OH excluding ortho intramolecular Hbond substituents is 1. The number of nitrogens with zero attached hydrogens (tertiary/aromatic N) is 1. The summed E-state index contributed by atoms with van der Waals surface area (Å²) in [6.07, 6.45) is 0.767. The zero-order valence-electron chi connectivity index (χ0n) is 14.6. The molecule has 2 rings (SSSR count). The molecule has 2 aromatic carbocycles. The number of carbonyl (C=O) groups excluding carboxylic acids is 1. The van der Waals surface area contributed by atoms with E-state index in [4.69, 9.17) is 5.73 Å². The highest BCUT2D eigenvalue weighted by atomic mass is 16.3. The van der Waals surface area contributed by atoms with Crippen molar-refractivity contribution in [3.05, 3.63) is 38.1 Å². The number of benzene rings is 1. The molecular weight excluding hydrogens is 324 g/mol. The lowest BCUT2D eigenvalue weighted by Crippen LogP contribution is -2.38. The van der Waals surface area contributed by atoms with Crippen LogP contribution in [0.1, 0.15) is 30.6 Å². The number of nitrogens with two attached hydrogens (primary N) is 1. The minimum Gasteiger partial charge on any atom is -0.505 e. The average Bonchev–Trinajstić information content (AvgIpc) is 2.58. The normalized spacial score (nSPS) is 12.0. The molecule has 0 heterocycles. The van der Waals surface area contributed by atoms with Crippen LogP contribution in [0.25, 0.3) is 0 Å². The summed E-state index contributed by atoms with van der Waals surface area (Å²) in [5.74, 6) is -0.772. The van der Waals surface area contributed by atoms with E-state index in [0.29, 0.717) is 0 Å². The topological polar surface area (TPSA) is 125 Å². The fourth-order valence-corrected chi connectivity index (χ4v) is 2.29. The molecule has 0 fully saturated rings. The Kier molecular flexibility index (Phi) is 5.01. The Labute approximate surface area is 145 Å². The maximum Gasteiger partial charge on any atom is 0.257 e. The van der Waals surface area contributed by atoms with Crippen LogP contribution in [-0.2, 0) is 0 Å². The van der Waals surface area contributed by atoms with E-state index in [2.05, 4.69) is 10.6 Å². The second kappa shape index (κ2) is 6.84. The molecule has 0 aliphatic rings. The molecule has 8 nitrogen and oxygen atoms in total. The van der Waals surface area contributed by atoms with Gasteiger partial charge in [0.15, 0.2) is 5.75 Å². The zero-order valence-corrected chi connectivity index (χ0v) is 14.6. The van der Waals surface area contributed by atoms with Gasteiger partial charge in [0.05, 0.1) is 11.3 Å². The summed E-state index contributed by atoms with van der Waals surface area (Å²) in [4.78, 5) is 37.1. The molecule has 0 bridgehead atoms. The van der Waals surface area contributed by atoms with Gasteiger partial charge in [0.2, 0.25) is 0 Å². The monoisotopic (exact) mass is 346 g/mol. The third kappa shape index (κ3) is 3.42. The van der Waals surface area contributed by atoms with E-state index < -0.39 is 16.8 Å². The van der Waals surface area contributed by atoms with Gasteiger partial charge in [-0.15, -0.1) is 0 Å². The standard InChI is InChI=1S/C17H22N4O4/c1-5-8(2)19-12-13(16(24)15(12)23)20-11-7-9(18)6-10(14(11)22)17(25)21(3)4/h6-8,19-20,22H,5,18H2,1-4H3/t8-/m1/s1. The van der Waals surface area contributed by atoms with Crippen LogP contribution in [0, 0.1) is 0 Å². The van der Waals surface area contributed by atoms with E-state index in [-0.39, 0.29) is 40.1 Å². The molecule has 0 aliphatic heterocycles. The van der Waals surface area contributed by atoms with Crippen molar-refractivity contribution < 1.29 is 9.90 Å². The highest BCUT2D eigenvalue weighted by Gasteiger charge is 2.24. The average molecular weight is 346 g/mol. The molecule has 0 unspecified atom stereocenters. The van der Waals surface area contributed by atoms with Crippen LogP contribution in [0.3, 0.4) is 0 Å². The summed E-state index contributed by atoms with van der Waals surface area (Å²) in [6.45, 7) is 3.83. The summed E-state index contributed by atoms with van der Waals surface area (Å²) in [7, 11) is 3.09. The van der Waals surface area contributed by atoms with Crippen LogP contribution in [0.5, 0.6) is 5.75 Å². The number of rotatable bonds is 6. The van der Waals surface area contributed by atoms with Crippen molar-refractivity contribution in [2.75, 3.05) is 30.5 Å². The van der Waals surface area contributed by atoms with Gasteiger partial charge in [-0.1, -0.05) is 6.92 Å². The Morgan fingerprint density at radius 2 is 1.84 bits per heavy atom. The Balaban J connectivity index is 2.43. The van der Waals surface area contributed by atoms with Crippen molar-refractivity contribution in [2.24, 2.45) is 0 Å². The van der Waals surface area contributed by atoms with E-state index in [9.17, 15) is 19.5 Å². The van der Waals surface area contributed by atoms with Crippen molar-refractivity contribution in [1.29, 1.82) is 0 Å². The molecule has 0 aliphatic carbocycles. The molecule has 5 N–H and O–H groups in total. The lowest BCUT2D eigenvalue weighted by molar-refractivity contribution is 0.0825. The smallest absolute Gasteiger partial charge is 0.257 e. The molecular formula is C17H22N4O4. The summed E-state index contributed by atoms with van der Waals surface area (Å²) in [5.41, 5.74) is 5.04. The Morgan fingerprint density at radius 1 is 1.24 bits per heavy atom. The number of hydrogen-bond donors (Lipinski definition) is 4. The summed E-state index contributed by atoms with van der Waals surface area (Å²) in [5, 5.41) is 16.1. The van der Waals surface area contributed by atoms with Crippen LogP contribution in [0.4, 0.5) is 22.7 Å². The number of amides is 1. The van der Waals surface area contributed by atoms with Crippen molar-refractivity contribution in [1.82, 2.24) is 4.90 Å². The summed E-state index contributed by atoms with van der Waals surface area (Å²) < 4.78 is 0. The second-order valence-corrected chi connectivity index (χ2v) is 6.15. The largest absolute Gasteiger partial charge is 0.505 e. The van der Waals surface area contributed by atoms with E-state index >= 15 is 0 Å². The van der Waals surface area contributed by atoms with E-state index in [1.165, 1.54) is 17.0 Å². The van der Waals surface area contributed by atoms with Gasteiger partial charge in [-0.25, -0.2) is 0 Å². The zero-order chi connectivity index (χ0) is 18.9. The van der Waals surface area contributed by atoms with Crippen molar-refractivity contribution >= 4 is 28.7 Å². The first-order chi connectivity index (χ1) is 11.7. The maximum atomic E-state index is 12.1. The van der Waals surface area contributed by atoms with Crippen LogP contribution >= 0.6 is 0 Å². The summed E-state index contributed by atoms with van der Waals surface area (Å²) >= 11 is 0. The van der Waals surface area contributed by atoms with Gasteiger partial charge in [-0.3, -0.25) is 14.4 Å². The molecule has 0 saturated carbocycles. The third-order valence-corrected chi connectivity index (χ3v) is 3.94. The number of nitrogen functional groups attached to an aromatic ring is 1. The van der Waals surface area contributed by atoms with Gasteiger partial charge in [0.1, 0.15) is 11.4 Å². The first-order valence-electron chi connectivity index (χ1n) is 7.88. The molecule has 134 valence electrons. The number of hydrogen-bond acceptors (Lipinski definition) is 7. The highest BCUT2D eigenvalue weighted by Crippen LogP contribution is 2.34. The molecule has 8 heteroatoms. The SMILES string of the molecule is CC[C@@H](C)Nc1c(Nc2cc(N)cc(C(=O)N(C)C)c2O)c(=O)c1=O. The van der Waals surface area contributed by atoms with Crippen molar-refractivity contribution in [2.45, 2.75) is 26.3 Å². The minimum atomic E-state index is -0.687. The van der Waals surface area contributed by atoms with Gasteiger partial charge in [0.25, 0.3) is 16.8 Å². The fourth-order valence-electron chi connectivity index (χ4n) is 2.29. The van der Waals surface area contributed by atoms with Crippen LogP contribution in [0.15, 0.2) is 21.7 Å². The lowest BCUT2D eigenvalue weighted by atomic mass is 10.1. The second-order valence-electron chi connectivity index (χ2n) is 6.15. The minimum absolute atomic E-state index is 0.00244. The Bertz CT molecular complexity index is 882. The molecule has 0 aromatic heterocycles. The first-order valence-corrected chi connectivity index (χ1v) is 7.88. The Morgan fingerprint density at radius 3 is 2.40 bits per heavy atom. The molecule has 0 saturated heterocycles.